The zero-order valence-electron chi connectivity index (χ0n) is 9.08. The van der Waals surface area contributed by atoms with Gasteiger partial charge in [-0.3, -0.25) is 4.79 Å². The van der Waals surface area contributed by atoms with Crippen LogP contribution in [-0.2, 0) is 4.79 Å². The summed E-state index contributed by atoms with van der Waals surface area (Å²) in [5.74, 6) is 0.864. The molecule has 0 aliphatic heterocycles. The van der Waals surface area contributed by atoms with Crippen molar-refractivity contribution >= 4 is 28.6 Å². The lowest BCUT2D eigenvalue weighted by Gasteiger charge is -1.98. The van der Waals surface area contributed by atoms with Crippen LogP contribution >= 0.6 is 23.4 Å². The van der Waals surface area contributed by atoms with Gasteiger partial charge in [-0.1, -0.05) is 26.8 Å². The van der Waals surface area contributed by atoms with Crippen LogP contribution in [0.25, 0.3) is 0 Å². The van der Waals surface area contributed by atoms with Gasteiger partial charge in [-0.05, 0) is 28.7 Å². The minimum absolute atomic E-state index is 0.0881. The fourth-order valence-corrected chi connectivity index (χ4v) is 2.89. The number of nitriles is 1. The van der Waals surface area contributed by atoms with Crippen LogP contribution < -0.4 is 0 Å². The normalized spacial score (nSPS) is 28.3. The van der Waals surface area contributed by atoms with E-state index >= 15 is 0 Å². The van der Waals surface area contributed by atoms with Crippen molar-refractivity contribution in [2.24, 2.45) is 17.3 Å². The summed E-state index contributed by atoms with van der Waals surface area (Å²) < 4.78 is 0. The van der Waals surface area contributed by atoms with Crippen molar-refractivity contribution in [1.29, 1.82) is 5.26 Å². The number of nitrogens with zero attached hydrogens (tertiary/aromatic N) is 1. The number of thioether (sulfide) groups is 1. The standard InChI is InChI=1S/C11H14ClNOS/c1-4-15-7(6-13)5-8-9(10(12)14)11(8,2)3/h5,8-9H,4H2,1-3H3/t8-,9+/m1/s1. The predicted molar refractivity (Wildman–Crippen MR) is 63.4 cm³/mol. The maximum absolute atomic E-state index is 11.1. The molecule has 0 heterocycles. The summed E-state index contributed by atoms with van der Waals surface area (Å²) in [5.41, 5.74) is -0.0881. The first-order valence-electron chi connectivity index (χ1n) is 4.89. The fraction of sp³-hybridized carbons (Fsp3) is 0.636. The van der Waals surface area contributed by atoms with Gasteiger partial charge in [-0.25, -0.2) is 0 Å². The van der Waals surface area contributed by atoms with E-state index in [9.17, 15) is 4.79 Å². The second-order valence-electron chi connectivity index (χ2n) is 4.20. The van der Waals surface area contributed by atoms with E-state index in [-0.39, 0.29) is 22.5 Å². The van der Waals surface area contributed by atoms with Gasteiger partial charge in [0.15, 0.2) is 0 Å². The van der Waals surface area contributed by atoms with E-state index in [0.29, 0.717) is 4.91 Å². The highest BCUT2D eigenvalue weighted by molar-refractivity contribution is 8.03. The molecule has 82 valence electrons. The van der Waals surface area contributed by atoms with Gasteiger partial charge in [0, 0.05) is 5.92 Å². The summed E-state index contributed by atoms with van der Waals surface area (Å²) in [7, 11) is 0. The number of carbonyl (C=O) groups excluding carboxylic acids is 1. The first-order valence-corrected chi connectivity index (χ1v) is 6.25. The summed E-state index contributed by atoms with van der Waals surface area (Å²) in [5, 5.41) is 8.58. The fourth-order valence-electron chi connectivity index (χ4n) is 1.86. The summed E-state index contributed by atoms with van der Waals surface area (Å²) in [4.78, 5) is 11.8. The van der Waals surface area contributed by atoms with Crippen LogP contribution in [0.4, 0.5) is 0 Å². The Hall–Kier alpha value is -0.460. The molecule has 0 unspecified atom stereocenters. The lowest BCUT2D eigenvalue weighted by atomic mass is 10.1. The molecule has 2 atom stereocenters. The first-order chi connectivity index (χ1) is 6.95. The molecule has 0 aromatic heterocycles. The molecule has 0 amide bonds. The smallest absolute Gasteiger partial charge is 0.225 e. The molecule has 1 aliphatic carbocycles. The van der Waals surface area contributed by atoms with E-state index in [0.717, 1.165) is 5.75 Å². The molecule has 0 radical (unpaired) electrons. The zero-order valence-corrected chi connectivity index (χ0v) is 10.7. The molecule has 4 heteroatoms. The Morgan fingerprint density at radius 1 is 1.67 bits per heavy atom. The minimum atomic E-state index is -0.292. The zero-order chi connectivity index (χ0) is 11.6. The Morgan fingerprint density at radius 3 is 2.60 bits per heavy atom. The van der Waals surface area contributed by atoms with Crippen molar-refractivity contribution in [3.8, 4) is 6.07 Å². The molecule has 2 nitrogen and oxygen atoms in total. The van der Waals surface area contributed by atoms with Crippen molar-refractivity contribution in [1.82, 2.24) is 0 Å². The molecule has 1 fully saturated rings. The highest BCUT2D eigenvalue weighted by Crippen LogP contribution is 2.60. The highest BCUT2D eigenvalue weighted by atomic mass is 35.5. The van der Waals surface area contributed by atoms with Gasteiger partial charge in [0.05, 0.1) is 4.91 Å². The quantitative estimate of drug-likeness (QED) is 0.563. The van der Waals surface area contributed by atoms with Gasteiger partial charge in [-0.2, -0.15) is 5.26 Å². The molecule has 0 spiro atoms. The lowest BCUT2D eigenvalue weighted by molar-refractivity contribution is -0.113. The van der Waals surface area contributed by atoms with Crippen molar-refractivity contribution in [3.05, 3.63) is 11.0 Å². The topological polar surface area (TPSA) is 40.9 Å². The van der Waals surface area contributed by atoms with E-state index in [2.05, 4.69) is 6.07 Å². The maximum Gasteiger partial charge on any atom is 0.225 e. The molecule has 0 aromatic carbocycles. The van der Waals surface area contributed by atoms with Crippen LogP contribution in [0, 0.1) is 28.6 Å². The maximum atomic E-state index is 11.1. The number of hydrogen-bond acceptors (Lipinski definition) is 3. The lowest BCUT2D eigenvalue weighted by Crippen LogP contribution is -1.96. The molecule has 1 aliphatic rings. The number of rotatable bonds is 4. The van der Waals surface area contributed by atoms with E-state index < -0.39 is 0 Å². The Morgan fingerprint density at radius 2 is 2.27 bits per heavy atom. The van der Waals surface area contributed by atoms with Gasteiger partial charge in [0.2, 0.25) is 5.24 Å². The third kappa shape index (κ3) is 2.56. The first kappa shape index (κ1) is 12.6. The summed E-state index contributed by atoms with van der Waals surface area (Å²) in [6.07, 6.45) is 1.89. The molecular formula is C11H14ClNOS. The van der Waals surface area contributed by atoms with Gasteiger partial charge >= 0.3 is 0 Å². The van der Waals surface area contributed by atoms with Crippen LogP contribution in [0.3, 0.4) is 0 Å². The van der Waals surface area contributed by atoms with Crippen molar-refractivity contribution in [2.75, 3.05) is 5.75 Å². The van der Waals surface area contributed by atoms with E-state index in [1.807, 2.05) is 26.8 Å². The Kier molecular flexibility index (Phi) is 3.86. The second kappa shape index (κ2) is 4.59. The summed E-state index contributed by atoms with van der Waals surface area (Å²) in [6.45, 7) is 6.01. The largest absolute Gasteiger partial charge is 0.281 e. The molecular weight excluding hydrogens is 230 g/mol. The number of hydrogen-bond donors (Lipinski definition) is 0. The van der Waals surface area contributed by atoms with Crippen LogP contribution in [0.5, 0.6) is 0 Å². The number of carbonyl (C=O) groups is 1. The van der Waals surface area contributed by atoms with E-state index in [1.54, 1.807) is 0 Å². The Labute approximate surface area is 99.7 Å². The minimum Gasteiger partial charge on any atom is -0.281 e. The molecule has 0 N–H and O–H groups in total. The monoisotopic (exact) mass is 243 g/mol. The van der Waals surface area contributed by atoms with Crippen LogP contribution in [-0.4, -0.2) is 11.0 Å². The van der Waals surface area contributed by atoms with E-state index in [4.69, 9.17) is 16.9 Å². The molecule has 15 heavy (non-hydrogen) atoms. The second-order valence-corrected chi connectivity index (χ2v) is 5.88. The third-order valence-corrected chi connectivity index (χ3v) is 3.96. The van der Waals surface area contributed by atoms with Gasteiger partial charge in [0.1, 0.15) is 6.07 Å². The number of allylic oxidation sites excluding steroid dienone is 2. The Balaban J connectivity index is 2.76. The molecule has 0 saturated heterocycles. The molecule has 1 rings (SSSR count). The van der Waals surface area contributed by atoms with Crippen LogP contribution in [0.2, 0.25) is 0 Å². The van der Waals surface area contributed by atoms with Crippen molar-refractivity contribution in [3.63, 3.8) is 0 Å². The SMILES string of the molecule is CCSC(C#N)=C[C@@H]1[C@@H](C(=O)Cl)C1(C)C. The van der Waals surface area contributed by atoms with Crippen LogP contribution in [0.15, 0.2) is 11.0 Å². The van der Waals surface area contributed by atoms with Gasteiger partial charge in [0.25, 0.3) is 0 Å². The molecule has 0 aromatic rings. The average molecular weight is 244 g/mol. The van der Waals surface area contributed by atoms with E-state index in [1.165, 1.54) is 11.8 Å². The highest BCUT2D eigenvalue weighted by Gasteiger charge is 2.60. The molecule has 0 bridgehead atoms. The summed E-state index contributed by atoms with van der Waals surface area (Å²) >= 11 is 7.01. The van der Waals surface area contributed by atoms with Crippen LogP contribution in [0.1, 0.15) is 20.8 Å². The van der Waals surface area contributed by atoms with Crippen molar-refractivity contribution < 1.29 is 4.79 Å². The average Bonchev–Trinajstić information content (AvgIpc) is 2.67. The summed E-state index contributed by atoms with van der Waals surface area (Å²) in [6, 6.07) is 2.14. The predicted octanol–water partition coefficient (Wildman–Crippen LogP) is 3.18. The third-order valence-electron chi connectivity index (χ3n) is 2.90. The van der Waals surface area contributed by atoms with Gasteiger partial charge in [-0.15, -0.1) is 11.8 Å². The number of halogens is 1. The van der Waals surface area contributed by atoms with Gasteiger partial charge < -0.3 is 0 Å². The molecule has 1 saturated carbocycles. The Bertz CT molecular complexity index is 343. The van der Waals surface area contributed by atoms with Crippen molar-refractivity contribution in [2.45, 2.75) is 20.8 Å².